The summed E-state index contributed by atoms with van der Waals surface area (Å²) in [5.41, 5.74) is 3.66. The monoisotopic (exact) mass is 259 g/mol. The van der Waals surface area contributed by atoms with Gasteiger partial charge >= 0.3 is 0 Å². The van der Waals surface area contributed by atoms with Crippen LogP contribution in [0, 0.1) is 23.7 Å². The fraction of sp³-hybridized carbons (Fsp3) is 0.688. The topological polar surface area (TPSA) is 40.8 Å². The van der Waals surface area contributed by atoms with E-state index in [2.05, 4.69) is 25.2 Å². The first-order chi connectivity index (χ1) is 9.06. The van der Waals surface area contributed by atoms with E-state index >= 15 is 0 Å². The molecule has 0 radical (unpaired) electrons. The summed E-state index contributed by atoms with van der Waals surface area (Å²) in [4.78, 5) is 0. The second-order valence-electron chi connectivity index (χ2n) is 6.29. The molecule has 104 valence electrons. The van der Waals surface area contributed by atoms with Crippen LogP contribution in [0.25, 0.3) is 0 Å². The average molecular weight is 259 g/mol. The number of rotatable bonds is 4. The van der Waals surface area contributed by atoms with Crippen LogP contribution < -0.4 is 5.32 Å². The van der Waals surface area contributed by atoms with Crippen LogP contribution >= 0.6 is 0 Å². The Hall–Kier alpha value is -1.27. The predicted octanol–water partition coefficient (Wildman–Crippen LogP) is 3.27. The Morgan fingerprint density at radius 1 is 1.37 bits per heavy atom. The lowest BCUT2D eigenvalue weighted by atomic mass is 9.76. The second kappa shape index (κ2) is 5.79. The first kappa shape index (κ1) is 14.1. The van der Waals surface area contributed by atoms with Crippen LogP contribution in [-0.4, -0.2) is 11.1 Å². The lowest BCUT2D eigenvalue weighted by Crippen LogP contribution is -2.33. The van der Waals surface area contributed by atoms with Crippen LogP contribution in [0.5, 0.6) is 0 Å². The van der Waals surface area contributed by atoms with Crippen molar-refractivity contribution in [1.82, 2.24) is 9.88 Å². The van der Waals surface area contributed by atoms with Gasteiger partial charge in [0.1, 0.15) is 11.8 Å². The summed E-state index contributed by atoms with van der Waals surface area (Å²) in [5, 5.41) is 12.6. The highest BCUT2D eigenvalue weighted by Gasteiger charge is 2.26. The van der Waals surface area contributed by atoms with Crippen LogP contribution in [0.4, 0.5) is 0 Å². The number of hydrogen-bond acceptors (Lipinski definition) is 2. The number of aromatic nitrogens is 1. The highest BCUT2D eigenvalue weighted by Crippen LogP contribution is 2.35. The maximum Gasteiger partial charge on any atom is 0.120 e. The van der Waals surface area contributed by atoms with Gasteiger partial charge in [-0.05, 0) is 36.8 Å². The molecule has 19 heavy (non-hydrogen) atoms. The number of nitriles is 1. The molecule has 0 spiro atoms. The number of nitrogens with one attached hydrogen (secondary N) is 1. The van der Waals surface area contributed by atoms with E-state index in [0.717, 1.165) is 18.8 Å². The van der Waals surface area contributed by atoms with Crippen molar-refractivity contribution in [3.63, 3.8) is 0 Å². The summed E-state index contributed by atoms with van der Waals surface area (Å²) in [6.07, 6.45) is 6.84. The summed E-state index contributed by atoms with van der Waals surface area (Å²) >= 11 is 0. The van der Waals surface area contributed by atoms with Crippen molar-refractivity contribution in [3.8, 4) is 6.07 Å². The summed E-state index contributed by atoms with van der Waals surface area (Å²) in [7, 11) is 1.96. The van der Waals surface area contributed by atoms with Crippen molar-refractivity contribution >= 4 is 0 Å². The van der Waals surface area contributed by atoms with Gasteiger partial charge in [0.15, 0.2) is 0 Å². The Labute approximate surface area is 116 Å². The van der Waals surface area contributed by atoms with Gasteiger partial charge in [-0.3, -0.25) is 0 Å². The normalized spacial score (nSPS) is 18.2. The molecule has 0 aromatic carbocycles. The molecule has 0 unspecified atom stereocenters. The zero-order valence-electron chi connectivity index (χ0n) is 12.4. The van der Waals surface area contributed by atoms with E-state index < -0.39 is 0 Å². The Bertz CT molecular complexity index is 473. The maximum atomic E-state index is 9.04. The van der Waals surface area contributed by atoms with Crippen molar-refractivity contribution in [2.45, 2.75) is 52.5 Å². The lowest BCUT2D eigenvalue weighted by Gasteiger charge is -2.33. The van der Waals surface area contributed by atoms with Gasteiger partial charge in [-0.25, -0.2) is 0 Å². The minimum atomic E-state index is 0.471. The van der Waals surface area contributed by atoms with Gasteiger partial charge in [0, 0.05) is 25.8 Å². The van der Waals surface area contributed by atoms with Crippen LogP contribution in [-0.2, 0) is 13.6 Å². The molecule has 0 saturated heterocycles. The minimum Gasteiger partial charge on any atom is -0.340 e. The smallest absolute Gasteiger partial charge is 0.120 e. The summed E-state index contributed by atoms with van der Waals surface area (Å²) in [6, 6.07) is 4.24. The molecule has 3 heteroatoms. The molecular formula is C16H25N3. The molecule has 1 fully saturated rings. The van der Waals surface area contributed by atoms with E-state index in [1.54, 1.807) is 0 Å². The lowest BCUT2D eigenvalue weighted by molar-refractivity contribution is 0.207. The molecule has 1 aliphatic rings. The van der Waals surface area contributed by atoms with E-state index in [-0.39, 0.29) is 0 Å². The Morgan fingerprint density at radius 2 is 2.05 bits per heavy atom. The molecule has 1 aromatic heterocycles. The molecule has 3 nitrogen and oxygen atoms in total. The van der Waals surface area contributed by atoms with Crippen molar-refractivity contribution in [1.29, 1.82) is 5.26 Å². The Morgan fingerprint density at radius 3 is 2.63 bits per heavy atom. The van der Waals surface area contributed by atoms with Crippen LogP contribution in [0.15, 0.2) is 6.07 Å². The minimum absolute atomic E-state index is 0.471. The fourth-order valence-electron chi connectivity index (χ4n) is 3.13. The van der Waals surface area contributed by atoms with Crippen molar-refractivity contribution in [2.24, 2.45) is 12.5 Å². The van der Waals surface area contributed by atoms with Gasteiger partial charge in [-0.1, -0.05) is 26.2 Å². The van der Waals surface area contributed by atoms with Crippen molar-refractivity contribution in [3.05, 3.63) is 23.0 Å². The average Bonchev–Trinajstić information content (AvgIpc) is 2.67. The molecule has 1 saturated carbocycles. The second-order valence-corrected chi connectivity index (χ2v) is 6.29. The number of hydrogen-bond donors (Lipinski definition) is 1. The predicted molar refractivity (Wildman–Crippen MR) is 77.8 cm³/mol. The first-order valence-corrected chi connectivity index (χ1v) is 7.32. The highest BCUT2D eigenvalue weighted by atomic mass is 15.0. The molecule has 1 heterocycles. The van der Waals surface area contributed by atoms with Crippen LogP contribution in [0.3, 0.4) is 0 Å². The van der Waals surface area contributed by atoms with E-state index in [9.17, 15) is 0 Å². The third-order valence-corrected chi connectivity index (χ3v) is 4.68. The van der Waals surface area contributed by atoms with Crippen LogP contribution in [0.2, 0.25) is 0 Å². The van der Waals surface area contributed by atoms with Crippen LogP contribution in [0.1, 0.15) is 56.0 Å². The molecule has 0 bridgehead atoms. The van der Waals surface area contributed by atoms with E-state index in [4.69, 9.17) is 5.26 Å². The summed E-state index contributed by atoms with van der Waals surface area (Å²) in [5.74, 6) is 0. The van der Waals surface area contributed by atoms with Gasteiger partial charge < -0.3 is 9.88 Å². The fourth-order valence-corrected chi connectivity index (χ4v) is 3.13. The Kier molecular flexibility index (Phi) is 4.31. The van der Waals surface area contributed by atoms with Gasteiger partial charge in [0.25, 0.3) is 0 Å². The van der Waals surface area contributed by atoms with Gasteiger partial charge in [-0.2, -0.15) is 5.26 Å². The molecule has 1 N–H and O–H groups in total. The standard InChI is InChI=1S/C16H25N3/c1-13-14(9-15(10-17)19(13)3)11-18-12-16(2)7-5-4-6-8-16/h9,18H,4-8,11-12H2,1-3H3. The summed E-state index contributed by atoms with van der Waals surface area (Å²) < 4.78 is 1.97. The maximum absolute atomic E-state index is 9.04. The largest absolute Gasteiger partial charge is 0.340 e. The zero-order valence-corrected chi connectivity index (χ0v) is 12.4. The molecule has 2 rings (SSSR count). The molecule has 1 aromatic rings. The van der Waals surface area contributed by atoms with E-state index in [1.165, 1.54) is 43.4 Å². The van der Waals surface area contributed by atoms with E-state index in [1.807, 2.05) is 17.7 Å². The van der Waals surface area contributed by atoms with Gasteiger partial charge in [0.05, 0.1) is 0 Å². The molecule has 0 amide bonds. The van der Waals surface area contributed by atoms with E-state index in [0.29, 0.717) is 5.41 Å². The molecular weight excluding hydrogens is 234 g/mol. The van der Waals surface area contributed by atoms with Gasteiger partial charge in [0.2, 0.25) is 0 Å². The Balaban J connectivity index is 1.91. The molecule has 1 aliphatic carbocycles. The SMILES string of the molecule is Cc1c(CNCC2(C)CCCCC2)cc(C#N)n1C. The third-order valence-electron chi connectivity index (χ3n) is 4.68. The zero-order chi connectivity index (χ0) is 13.9. The number of nitrogens with zero attached hydrogens (tertiary/aromatic N) is 2. The first-order valence-electron chi connectivity index (χ1n) is 7.32. The van der Waals surface area contributed by atoms with Gasteiger partial charge in [-0.15, -0.1) is 0 Å². The quantitative estimate of drug-likeness (QED) is 0.901. The third kappa shape index (κ3) is 3.19. The summed E-state index contributed by atoms with van der Waals surface area (Å²) in [6.45, 7) is 6.44. The highest BCUT2D eigenvalue weighted by molar-refractivity contribution is 5.34. The van der Waals surface area contributed by atoms with Crippen molar-refractivity contribution < 1.29 is 0 Å². The van der Waals surface area contributed by atoms with Crippen molar-refractivity contribution in [2.75, 3.05) is 6.54 Å². The molecule has 0 aliphatic heterocycles. The molecule has 0 atom stereocenters.